The smallest absolute Gasteiger partial charge is 0.422 e. The van der Waals surface area contributed by atoms with Gasteiger partial charge in [-0.2, -0.15) is 0 Å². The van der Waals surface area contributed by atoms with Crippen LogP contribution in [0, 0.1) is 0 Å². The number of nitrogens with one attached hydrogen (secondary N) is 2. The first-order valence-corrected chi connectivity index (χ1v) is 8.36. The van der Waals surface area contributed by atoms with Crippen LogP contribution >= 0.6 is 0 Å². The predicted molar refractivity (Wildman–Crippen MR) is 91.8 cm³/mol. The summed E-state index contributed by atoms with van der Waals surface area (Å²) in [4.78, 5) is 14.2. The van der Waals surface area contributed by atoms with Gasteiger partial charge in [0.2, 0.25) is 0 Å². The van der Waals surface area contributed by atoms with Crippen molar-refractivity contribution in [2.24, 2.45) is 0 Å². The topological polar surface area (TPSA) is 53.6 Å². The average molecular weight is 319 g/mol. The Labute approximate surface area is 139 Å². The minimum Gasteiger partial charge on any atom is -0.443 e. The van der Waals surface area contributed by atoms with Gasteiger partial charge >= 0.3 is 6.09 Å². The van der Waals surface area contributed by atoms with Crippen LogP contribution in [0.1, 0.15) is 46.1 Å². The molecule has 0 aromatic heterocycles. The number of piperidine rings is 1. The van der Waals surface area contributed by atoms with Gasteiger partial charge in [0.05, 0.1) is 0 Å². The highest BCUT2D eigenvalue weighted by Gasteiger charge is 2.26. The molecule has 1 saturated heterocycles. The van der Waals surface area contributed by atoms with Crippen molar-refractivity contribution >= 4 is 6.09 Å². The van der Waals surface area contributed by atoms with E-state index in [1.54, 1.807) is 0 Å². The van der Waals surface area contributed by atoms with Crippen LogP contribution in [0.4, 0.5) is 4.79 Å². The molecule has 1 aromatic carbocycles. The number of likely N-dealkylation sites (tertiary alicyclic amines) is 1. The number of amides is 1. The molecule has 1 aliphatic rings. The molecule has 1 heterocycles. The van der Waals surface area contributed by atoms with Crippen LogP contribution in [0.15, 0.2) is 30.3 Å². The Morgan fingerprint density at radius 2 is 2.00 bits per heavy atom. The molecule has 0 saturated carbocycles. The average Bonchev–Trinajstić information content (AvgIpc) is 2.47. The molecule has 1 fully saturated rings. The van der Waals surface area contributed by atoms with Crippen LogP contribution in [0.3, 0.4) is 0 Å². The number of hydrogen-bond donors (Lipinski definition) is 2. The predicted octanol–water partition coefficient (Wildman–Crippen LogP) is 3.07. The lowest BCUT2D eigenvalue weighted by Crippen LogP contribution is -2.52. The summed E-state index contributed by atoms with van der Waals surface area (Å²) in [5.41, 5.74) is 6.64. The van der Waals surface area contributed by atoms with E-state index in [4.69, 9.17) is 4.74 Å². The van der Waals surface area contributed by atoms with Gasteiger partial charge in [0, 0.05) is 25.2 Å². The number of carbonyl (C=O) groups excluding carboxylic acids is 1. The Kier molecular flexibility index (Phi) is 6.02. The van der Waals surface area contributed by atoms with Crippen molar-refractivity contribution in [2.75, 3.05) is 6.54 Å². The Hall–Kier alpha value is -1.59. The van der Waals surface area contributed by atoms with E-state index < -0.39 is 11.7 Å². The highest BCUT2D eigenvalue weighted by molar-refractivity contribution is 5.67. The van der Waals surface area contributed by atoms with E-state index in [0.29, 0.717) is 6.04 Å². The van der Waals surface area contributed by atoms with Gasteiger partial charge in [0.15, 0.2) is 0 Å². The maximum absolute atomic E-state index is 11.7. The normalized spacial score (nSPS) is 22.6. The van der Waals surface area contributed by atoms with Crippen molar-refractivity contribution in [1.82, 2.24) is 15.8 Å². The third kappa shape index (κ3) is 6.20. The van der Waals surface area contributed by atoms with E-state index in [-0.39, 0.29) is 6.04 Å². The molecule has 23 heavy (non-hydrogen) atoms. The van der Waals surface area contributed by atoms with Crippen molar-refractivity contribution in [3.05, 3.63) is 35.9 Å². The molecular weight excluding hydrogens is 290 g/mol. The van der Waals surface area contributed by atoms with Gasteiger partial charge in [-0.25, -0.2) is 10.2 Å². The maximum Gasteiger partial charge on any atom is 0.422 e. The monoisotopic (exact) mass is 319 g/mol. The fourth-order valence-electron chi connectivity index (χ4n) is 2.87. The first kappa shape index (κ1) is 17.8. The van der Waals surface area contributed by atoms with E-state index in [1.807, 2.05) is 26.8 Å². The molecule has 0 bridgehead atoms. The fraction of sp³-hybridized carbons (Fsp3) is 0.611. The van der Waals surface area contributed by atoms with Crippen molar-refractivity contribution in [3.63, 3.8) is 0 Å². The molecule has 2 atom stereocenters. The summed E-state index contributed by atoms with van der Waals surface area (Å²) in [5, 5.41) is 0. The van der Waals surface area contributed by atoms with E-state index in [2.05, 4.69) is 46.9 Å². The lowest BCUT2D eigenvalue weighted by molar-refractivity contribution is 0.0461. The zero-order valence-electron chi connectivity index (χ0n) is 14.6. The number of nitrogens with zero attached hydrogens (tertiary/aromatic N) is 1. The molecule has 0 spiro atoms. The first-order chi connectivity index (χ1) is 10.8. The summed E-state index contributed by atoms with van der Waals surface area (Å²) < 4.78 is 5.23. The molecule has 1 aromatic rings. The van der Waals surface area contributed by atoms with Crippen LogP contribution in [0.25, 0.3) is 0 Å². The highest BCUT2D eigenvalue weighted by atomic mass is 16.6. The third-order valence-electron chi connectivity index (χ3n) is 4.02. The molecule has 2 N–H and O–H groups in total. The zero-order chi connectivity index (χ0) is 16.9. The molecule has 5 heteroatoms. The second-order valence-electron chi connectivity index (χ2n) is 7.30. The number of carbonyl (C=O) groups is 1. The highest BCUT2D eigenvalue weighted by Crippen LogP contribution is 2.19. The SMILES string of the molecule is CC1CC(NNC(=O)OC(C)(C)C)CCN1Cc1ccccc1. The van der Waals surface area contributed by atoms with Gasteiger partial charge in [0.1, 0.15) is 5.60 Å². The van der Waals surface area contributed by atoms with Crippen molar-refractivity contribution in [1.29, 1.82) is 0 Å². The molecule has 128 valence electrons. The van der Waals surface area contributed by atoms with Crippen LogP contribution in [-0.4, -0.2) is 35.2 Å². The second-order valence-corrected chi connectivity index (χ2v) is 7.30. The largest absolute Gasteiger partial charge is 0.443 e. The van der Waals surface area contributed by atoms with Gasteiger partial charge in [-0.15, -0.1) is 0 Å². The van der Waals surface area contributed by atoms with Crippen molar-refractivity contribution in [2.45, 2.75) is 64.8 Å². The summed E-state index contributed by atoms with van der Waals surface area (Å²) in [5.74, 6) is 0. The van der Waals surface area contributed by atoms with Crippen molar-refractivity contribution < 1.29 is 9.53 Å². The van der Waals surface area contributed by atoms with Gasteiger partial charge < -0.3 is 4.74 Å². The standard InChI is InChI=1S/C18H29N3O2/c1-14-12-16(19-20-17(22)23-18(2,3)4)10-11-21(14)13-15-8-6-5-7-9-15/h5-9,14,16,19H,10-13H2,1-4H3,(H,20,22). The summed E-state index contributed by atoms with van der Waals surface area (Å²) in [7, 11) is 0. The quantitative estimate of drug-likeness (QED) is 0.838. The zero-order valence-corrected chi connectivity index (χ0v) is 14.6. The molecular formula is C18H29N3O2. The van der Waals surface area contributed by atoms with Gasteiger partial charge in [-0.3, -0.25) is 10.3 Å². The van der Waals surface area contributed by atoms with E-state index in [0.717, 1.165) is 25.9 Å². The maximum atomic E-state index is 11.7. The fourth-order valence-corrected chi connectivity index (χ4v) is 2.87. The van der Waals surface area contributed by atoms with E-state index in [9.17, 15) is 4.79 Å². The molecule has 2 unspecified atom stereocenters. The number of rotatable bonds is 4. The Bertz CT molecular complexity index is 499. The number of hydrogen-bond acceptors (Lipinski definition) is 4. The minimum atomic E-state index is -0.474. The van der Waals surface area contributed by atoms with Crippen LogP contribution in [0.5, 0.6) is 0 Å². The summed E-state index contributed by atoms with van der Waals surface area (Å²) in [6.07, 6.45) is 1.59. The number of ether oxygens (including phenoxy) is 1. The molecule has 2 rings (SSSR count). The summed E-state index contributed by atoms with van der Waals surface area (Å²) in [6.45, 7) is 9.81. The van der Waals surface area contributed by atoms with Crippen molar-refractivity contribution in [3.8, 4) is 0 Å². The molecule has 1 amide bonds. The van der Waals surface area contributed by atoms with Crippen LogP contribution in [0.2, 0.25) is 0 Å². The molecule has 0 radical (unpaired) electrons. The molecule has 5 nitrogen and oxygen atoms in total. The van der Waals surface area contributed by atoms with E-state index >= 15 is 0 Å². The molecule has 0 aliphatic carbocycles. The van der Waals surface area contributed by atoms with E-state index in [1.165, 1.54) is 5.56 Å². The Balaban J connectivity index is 1.74. The minimum absolute atomic E-state index is 0.282. The lowest BCUT2D eigenvalue weighted by Gasteiger charge is -2.38. The number of hydrazine groups is 1. The van der Waals surface area contributed by atoms with Gasteiger partial charge in [-0.1, -0.05) is 30.3 Å². The second kappa shape index (κ2) is 7.79. The van der Waals surface area contributed by atoms with Gasteiger partial charge in [0.25, 0.3) is 0 Å². The number of benzene rings is 1. The third-order valence-corrected chi connectivity index (χ3v) is 4.02. The first-order valence-electron chi connectivity index (χ1n) is 8.36. The van der Waals surface area contributed by atoms with Crippen LogP contribution < -0.4 is 10.9 Å². The lowest BCUT2D eigenvalue weighted by atomic mass is 9.98. The Morgan fingerprint density at radius 3 is 2.61 bits per heavy atom. The van der Waals surface area contributed by atoms with Gasteiger partial charge in [-0.05, 0) is 46.1 Å². The Morgan fingerprint density at radius 1 is 1.30 bits per heavy atom. The summed E-state index contributed by atoms with van der Waals surface area (Å²) in [6, 6.07) is 11.3. The summed E-state index contributed by atoms with van der Waals surface area (Å²) >= 11 is 0. The van der Waals surface area contributed by atoms with Crippen LogP contribution in [-0.2, 0) is 11.3 Å². The molecule has 1 aliphatic heterocycles.